The average molecular weight is 237 g/mol. The van der Waals surface area contributed by atoms with Gasteiger partial charge in [-0.1, -0.05) is 6.92 Å². The summed E-state index contributed by atoms with van der Waals surface area (Å²) < 4.78 is 4.93. The molecule has 0 aliphatic carbocycles. The molecule has 5 nitrogen and oxygen atoms in total. The Bertz CT molecular complexity index is 369. The second-order valence-electron chi connectivity index (χ2n) is 3.72. The topological polar surface area (TPSA) is 55.3 Å². The maximum absolute atomic E-state index is 11.5. The van der Waals surface area contributed by atoms with Gasteiger partial charge < -0.3 is 9.64 Å². The third-order valence-electron chi connectivity index (χ3n) is 2.18. The first kappa shape index (κ1) is 13.4. The summed E-state index contributed by atoms with van der Waals surface area (Å²) in [6.45, 7) is 7.08. The van der Waals surface area contributed by atoms with Crippen molar-refractivity contribution in [3.63, 3.8) is 0 Å². The molecule has 0 amide bonds. The number of aryl methyl sites for hydroxylation is 1. The predicted octanol–water partition coefficient (Wildman–Crippen LogP) is 1.56. The monoisotopic (exact) mass is 237 g/mol. The zero-order chi connectivity index (χ0) is 12.7. The fourth-order valence-corrected chi connectivity index (χ4v) is 1.47. The summed E-state index contributed by atoms with van der Waals surface area (Å²) in [6.07, 6.45) is 2.63. The molecule has 0 N–H and O–H groups in total. The van der Waals surface area contributed by atoms with Crippen LogP contribution in [0.25, 0.3) is 0 Å². The van der Waals surface area contributed by atoms with Crippen molar-refractivity contribution in [2.75, 3.05) is 24.6 Å². The van der Waals surface area contributed by atoms with Crippen LogP contribution in [0.4, 0.5) is 5.95 Å². The third kappa shape index (κ3) is 4.38. The maximum Gasteiger partial charge on any atom is 0.325 e. The van der Waals surface area contributed by atoms with Crippen molar-refractivity contribution in [2.24, 2.45) is 0 Å². The van der Waals surface area contributed by atoms with E-state index in [-0.39, 0.29) is 12.5 Å². The SMILES string of the molecule is CCCN(CC(=O)OCC)c1nccc(C)n1. The van der Waals surface area contributed by atoms with Gasteiger partial charge in [-0.2, -0.15) is 0 Å². The Morgan fingerprint density at radius 2 is 2.24 bits per heavy atom. The Morgan fingerprint density at radius 3 is 2.82 bits per heavy atom. The Kier molecular flexibility index (Phi) is 5.39. The number of anilines is 1. The Morgan fingerprint density at radius 1 is 1.47 bits per heavy atom. The molecule has 1 rings (SSSR count). The molecule has 94 valence electrons. The predicted molar refractivity (Wildman–Crippen MR) is 65.9 cm³/mol. The van der Waals surface area contributed by atoms with Crippen LogP contribution in [0.2, 0.25) is 0 Å². The number of ether oxygens (including phenoxy) is 1. The van der Waals surface area contributed by atoms with Crippen LogP contribution in [0.15, 0.2) is 12.3 Å². The number of rotatable bonds is 6. The van der Waals surface area contributed by atoms with Crippen LogP contribution in [0.5, 0.6) is 0 Å². The van der Waals surface area contributed by atoms with Crippen LogP contribution in [0.1, 0.15) is 26.0 Å². The first-order valence-corrected chi connectivity index (χ1v) is 5.87. The first-order valence-electron chi connectivity index (χ1n) is 5.87. The van der Waals surface area contributed by atoms with E-state index in [1.54, 1.807) is 13.1 Å². The lowest BCUT2D eigenvalue weighted by Crippen LogP contribution is -2.33. The maximum atomic E-state index is 11.5. The summed E-state index contributed by atoms with van der Waals surface area (Å²) in [6, 6.07) is 1.83. The van der Waals surface area contributed by atoms with E-state index in [1.807, 2.05) is 24.8 Å². The number of hydrogen-bond acceptors (Lipinski definition) is 5. The van der Waals surface area contributed by atoms with Crippen molar-refractivity contribution in [3.05, 3.63) is 18.0 Å². The van der Waals surface area contributed by atoms with E-state index >= 15 is 0 Å². The number of carbonyl (C=O) groups is 1. The van der Waals surface area contributed by atoms with E-state index in [4.69, 9.17) is 4.74 Å². The van der Waals surface area contributed by atoms with Gasteiger partial charge in [0, 0.05) is 18.4 Å². The van der Waals surface area contributed by atoms with Gasteiger partial charge in [0.05, 0.1) is 6.61 Å². The molecule has 0 bridgehead atoms. The molecule has 0 unspecified atom stereocenters. The molecule has 0 radical (unpaired) electrons. The minimum absolute atomic E-state index is 0.200. The minimum Gasteiger partial charge on any atom is -0.465 e. The van der Waals surface area contributed by atoms with Gasteiger partial charge in [-0.3, -0.25) is 4.79 Å². The second-order valence-corrected chi connectivity index (χ2v) is 3.72. The largest absolute Gasteiger partial charge is 0.465 e. The van der Waals surface area contributed by atoms with Gasteiger partial charge in [-0.15, -0.1) is 0 Å². The number of esters is 1. The molecule has 0 aliphatic rings. The lowest BCUT2D eigenvalue weighted by atomic mass is 10.4. The molecule has 0 saturated heterocycles. The Balaban J connectivity index is 2.74. The van der Waals surface area contributed by atoms with Crippen molar-refractivity contribution in [1.29, 1.82) is 0 Å². The fourth-order valence-electron chi connectivity index (χ4n) is 1.47. The molecular formula is C12H19N3O2. The van der Waals surface area contributed by atoms with Crippen LogP contribution in [-0.4, -0.2) is 35.6 Å². The highest BCUT2D eigenvalue weighted by atomic mass is 16.5. The van der Waals surface area contributed by atoms with E-state index in [1.165, 1.54) is 0 Å². The van der Waals surface area contributed by atoms with Crippen LogP contribution in [-0.2, 0) is 9.53 Å². The number of aromatic nitrogens is 2. The first-order chi connectivity index (χ1) is 8.17. The molecule has 0 aliphatic heterocycles. The molecule has 0 spiro atoms. The molecule has 0 aromatic carbocycles. The summed E-state index contributed by atoms with van der Waals surface area (Å²) in [7, 11) is 0. The smallest absolute Gasteiger partial charge is 0.325 e. The lowest BCUT2D eigenvalue weighted by Gasteiger charge is -2.20. The standard InChI is InChI=1S/C12H19N3O2/c1-4-8-15(9-11(16)17-5-2)12-13-7-6-10(3)14-12/h6-7H,4-5,8-9H2,1-3H3. The average Bonchev–Trinajstić information content (AvgIpc) is 2.29. The van der Waals surface area contributed by atoms with E-state index in [0.717, 1.165) is 18.7 Å². The zero-order valence-corrected chi connectivity index (χ0v) is 10.6. The molecule has 1 heterocycles. The van der Waals surface area contributed by atoms with Crippen molar-refractivity contribution in [2.45, 2.75) is 27.2 Å². The van der Waals surface area contributed by atoms with Crippen molar-refractivity contribution >= 4 is 11.9 Å². The highest BCUT2D eigenvalue weighted by molar-refractivity contribution is 5.74. The summed E-state index contributed by atoms with van der Waals surface area (Å²) in [5, 5.41) is 0. The van der Waals surface area contributed by atoms with Gasteiger partial charge in [0.1, 0.15) is 6.54 Å². The van der Waals surface area contributed by atoms with Gasteiger partial charge in [-0.05, 0) is 26.3 Å². The van der Waals surface area contributed by atoms with Crippen LogP contribution >= 0.6 is 0 Å². The van der Waals surface area contributed by atoms with Gasteiger partial charge in [-0.25, -0.2) is 9.97 Å². The van der Waals surface area contributed by atoms with Crippen molar-refractivity contribution < 1.29 is 9.53 Å². The summed E-state index contributed by atoms with van der Waals surface area (Å²) in [5.41, 5.74) is 0.889. The van der Waals surface area contributed by atoms with E-state index < -0.39 is 0 Å². The molecule has 0 atom stereocenters. The quantitative estimate of drug-likeness (QED) is 0.703. The van der Waals surface area contributed by atoms with Crippen LogP contribution < -0.4 is 4.90 Å². The summed E-state index contributed by atoms with van der Waals surface area (Å²) in [5.74, 6) is 0.339. The second kappa shape index (κ2) is 6.83. The molecule has 5 heteroatoms. The zero-order valence-electron chi connectivity index (χ0n) is 10.6. The number of hydrogen-bond donors (Lipinski definition) is 0. The van der Waals surface area contributed by atoms with E-state index in [9.17, 15) is 4.79 Å². The van der Waals surface area contributed by atoms with Gasteiger partial charge in [0.15, 0.2) is 0 Å². The molecule has 17 heavy (non-hydrogen) atoms. The summed E-state index contributed by atoms with van der Waals surface area (Å²) in [4.78, 5) is 21.8. The van der Waals surface area contributed by atoms with Crippen molar-refractivity contribution in [1.82, 2.24) is 9.97 Å². The minimum atomic E-state index is -0.244. The molecule has 1 aromatic rings. The lowest BCUT2D eigenvalue weighted by molar-refractivity contribution is -0.141. The molecular weight excluding hydrogens is 218 g/mol. The van der Waals surface area contributed by atoms with Crippen LogP contribution in [0, 0.1) is 6.92 Å². The summed E-state index contributed by atoms with van der Waals surface area (Å²) >= 11 is 0. The Labute approximate surface area is 102 Å². The van der Waals surface area contributed by atoms with Gasteiger partial charge in [0.2, 0.25) is 5.95 Å². The number of carbonyl (C=O) groups excluding carboxylic acids is 1. The molecule has 1 aromatic heterocycles. The molecule has 0 saturated carbocycles. The highest BCUT2D eigenvalue weighted by Crippen LogP contribution is 2.08. The van der Waals surface area contributed by atoms with Gasteiger partial charge in [0.25, 0.3) is 0 Å². The van der Waals surface area contributed by atoms with E-state index in [0.29, 0.717) is 12.6 Å². The highest BCUT2D eigenvalue weighted by Gasteiger charge is 2.13. The van der Waals surface area contributed by atoms with Crippen LogP contribution in [0.3, 0.4) is 0 Å². The third-order valence-corrected chi connectivity index (χ3v) is 2.18. The number of nitrogens with zero attached hydrogens (tertiary/aromatic N) is 3. The Hall–Kier alpha value is -1.65. The normalized spacial score (nSPS) is 10.1. The van der Waals surface area contributed by atoms with Gasteiger partial charge >= 0.3 is 5.97 Å². The molecule has 0 fully saturated rings. The van der Waals surface area contributed by atoms with Crippen molar-refractivity contribution in [3.8, 4) is 0 Å². The van der Waals surface area contributed by atoms with E-state index in [2.05, 4.69) is 9.97 Å². The fraction of sp³-hybridized carbons (Fsp3) is 0.583.